The predicted octanol–water partition coefficient (Wildman–Crippen LogP) is 1.79. The minimum Gasteiger partial charge on any atom is -0.378 e. The number of carbonyl (C=O) groups excluding carboxylic acids is 1. The van der Waals surface area contributed by atoms with Crippen molar-refractivity contribution in [3.8, 4) is 0 Å². The lowest BCUT2D eigenvalue weighted by atomic mass is 10.2. The van der Waals surface area contributed by atoms with Crippen LogP contribution in [-0.2, 0) is 0 Å². The number of hydrogen-bond donors (Lipinski definition) is 1. The van der Waals surface area contributed by atoms with E-state index in [1.54, 1.807) is 0 Å². The third-order valence-electron chi connectivity index (χ3n) is 2.46. The average molecular weight is 242 g/mol. The first-order valence-corrected chi connectivity index (χ1v) is 5.50. The number of benzene rings is 1. The quantitative estimate of drug-likeness (QED) is 0.891. The fraction of sp³-hybridized carbons (Fsp3) is 0.154. The molecule has 0 aliphatic heterocycles. The van der Waals surface area contributed by atoms with E-state index >= 15 is 0 Å². The second kappa shape index (κ2) is 5.27. The zero-order chi connectivity index (χ0) is 13.0. The first-order valence-electron chi connectivity index (χ1n) is 5.50. The molecule has 18 heavy (non-hydrogen) atoms. The number of nitrogens with one attached hydrogen (secondary N) is 1. The van der Waals surface area contributed by atoms with Crippen molar-refractivity contribution in [2.45, 2.75) is 0 Å². The number of rotatable bonds is 3. The molecule has 1 heterocycles. The number of hydrogen-bond acceptors (Lipinski definition) is 4. The molecule has 0 atom stereocenters. The molecule has 0 aliphatic rings. The van der Waals surface area contributed by atoms with Gasteiger partial charge in [0.25, 0.3) is 5.91 Å². The molecule has 0 fully saturated rings. The Hall–Kier alpha value is -2.43. The molecule has 2 aromatic rings. The van der Waals surface area contributed by atoms with Crippen LogP contribution in [0.4, 0.5) is 11.4 Å². The molecule has 1 amide bonds. The van der Waals surface area contributed by atoms with Gasteiger partial charge in [0, 0.05) is 37.9 Å². The second-order valence-corrected chi connectivity index (χ2v) is 4.02. The van der Waals surface area contributed by atoms with Crippen molar-refractivity contribution in [1.82, 2.24) is 9.97 Å². The van der Waals surface area contributed by atoms with Crippen LogP contribution in [0.1, 0.15) is 10.4 Å². The Labute approximate surface area is 105 Å². The summed E-state index contributed by atoms with van der Waals surface area (Å²) >= 11 is 0. The van der Waals surface area contributed by atoms with Crippen molar-refractivity contribution >= 4 is 17.3 Å². The Bertz CT molecular complexity index is 522. The van der Waals surface area contributed by atoms with Gasteiger partial charge in [-0.15, -0.1) is 0 Å². The van der Waals surface area contributed by atoms with Gasteiger partial charge in [-0.25, -0.2) is 9.97 Å². The molecule has 5 nitrogen and oxygen atoms in total. The summed E-state index contributed by atoms with van der Waals surface area (Å²) in [6.07, 6.45) is 4.36. The lowest BCUT2D eigenvalue weighted by Crippen LogP contribution is -2.13. The smallest absolute Gasteiger partial charge is 0.258 e. The van der Waals surface area contributed by atoms with Crippen molar-refractivity contribution < 1.29 is 4.79 Å². The van der Waals surface area contributed by atoms with Gasteiger partial charge in [-0.3, -0.25) is 4.79 Å². The highest BCUT2D eigenvalue weighted by Gasteiger charge is 2.06. The number of amides is 1. The van der Waals surface area contributed by atoms with Gasteiger partial charge in [0.05, 0.1) is 5.56 Å². The molecule has 1 aromatic heterocycles. The van der Waals surface area contributed by atoms with Crippen molar-refractivity contribution in [3.63, 3.8) is 0 Å². The topological polar surface area (TPSA) is 58.1 Å². The van der Waals surface area contributed by atoms with E-state index in [0.717, 1.165) is 11.4 Å². The summed E-state index contributed by atoms with van der Waals surface area (Å²) in [5.41, 5.74) is 2.26. The van der Waals surface area contributed by atoms with E-state index in [4.69, 9.17) is 0 Å². The summed E-state index contributed by atoms with van der Waals surface area (Å²) in [6.45, 7) is 0. The molecule has 0 saturated carbocycles. The van der Waals surface area contributed by atoms with Gasteiger partial charge in [0.2, 0.25) is 0 Å². The third-order valence-corrected chi connectivity index (χ3v) is 2.46. The van der Waals surface area contributed by atoms with E-state index in [2.05, 4.69) is 15.3 Å². The summed E-state index contributed by atoms with van der Waals surface area (Å²) in [5.74, 6) is -0.215. The van der Waals surface area contributed by atoms with Gasteiger partial charge in [-0.05, 0) is 24.3 Å². The van der Waals surface area contributed by atoms with Crippen LogP contribution in [0, 0.1) is 0 Å². The fourth-order valence-electron chi connectivity index (χ4n) is 1.46. The Kier molecular flexibility index (Phi) is 3.52. The monoisotopic (exact) mass is 242 g/mol. The van der Waals surface area contributed by atoms with E-state index in [1.807, 2.05) is 43.3 Å². The van der Waals surface area contributed by atoms with Crippen LogP contribution in [-0.4, -0.2) is 30.0 Å². The van der Waals surface area contributed by atoms with Crippen LogP contribution in [0.25, 0.3) is 0 Å². The van der Waals surface area contributed by atoms with Gasteiger partial charge < -0.3 is 10.2 Å². The average Bonchev–Trinajstić information content (AvgIpc) is 2.40. The van der Waals surface area contributed by atoms with Gasteiger partial charge in [-0.1, -0.05) is 0 Å². The SMILES string of the molecule is CN(C)c1ccc(NC(=O)c2cncnc2)cc1. The molecule has 1 aromatic carbocycles. The number of nitrogens with zero attached hydrogens (tertiary/aromatic N) is 3. The fourth-order valence-corrected chi connectivity index (χ4v) is 1.46. The van der Waals surface area contributed by atoms with Gasteiger partial charge in [0.1, 0.15) is 6.33 Å². The van der Waals surface area contributed by atoms with Crippen LogP contribution in [0.5, 0.6) is 0 Å². The summed E-state index contributed by atoms with van der Waals surface area (Å²) in [4.78, 5) is 21.4. The summed E-state index contributed by atoms with van der Waals surface area (Å²) in [6, 6.07) is 7.60. The Balaban J connectivity index is 2.08. The van der Waals surface area contributed by atoms with Crippen molar-refractivity contribution in [3.05, 3.63) is 48.5 Å². The van der Waals surface area contributed by atoms with Gasteiger partial charge >= 0.3 is 0 Å². The van der Waals surface area contributed by atoms with E-state index in [9.17, 15) is 4.79 Å². The lowest BCUT2D eigenvalue weighted by molar-refractivity contribution is 0.102. The van der Waals surface area contributed by atoms with Crippen molar-refractivity contribution in [2.24, 2.45) is 0 Å². The van der Waals surface area contributed by atoms with Crippen LogP contribution >= 0.6 is 0 Å². The molecule has 5 heteroatoms. The summed E-state index contributed by atoms with van der Waals surface area (Å²) < 4.78 is 0. The molecule has 0 bridgehead atoms. The molecule has 0 spiro atoms. The van der Waals surface area contributed by atoms with Crippen LogP contribution in [0.3, 0.4) is 0 Å². The Morgan fingerprint density at radius 1 is 1.11 bits per heavy atom. The van der Waals surface area contributed by atoms with Crippen LogP contribution in [0.2, 0.25) is 0 Å². The van der Waals surface area contributed by atoms with E-state index in [-0.39, 0.29) is 5.91 Å². The highest BCUT2D eigenvalue weighted by Crippen LogP contribution is 2.16. The molecule has 0 aliphatic carbocycles. The standard InChI is InChI=1S/C13H14N4O/c1-17(2)12-5-3-11(4-6-12)16-13(18)10-7-14-9-15-8-10/h3-9H,1-2H3,(H,16,18). The summed E-state index contributed by atoms with van der Waals surface area (Å²) in [7, 11) is 3.93. The minimum atomic E-state index is -0.215. The Morgan fingerprint density at radius 3 is 2.28 bits per heavy atom. The molecular weight excluding hydrogens is 228 g/mol. The molecule has 0 radical (unpaired) electrons. The van der Waals surface area contributed by atoms with Crippen molar-refractivity contribution in [2.75, 3.05) is 24.3 Å². The van der Waals surface area contributed by atoms with Crippen LogP contribution in [0.15, 0.2) is 43.0 Å². The molecule has 0 saturated heterocycles. The number of carbonyl (C=O) groups is 1. The molecule has 2 rings (SSSR count). The normalized spacial score (nSPS) is 9.89. The molecule has 92 valence electrons. The lowest BCUT2D eigenvalue weighted by Gasteiger charge is -2.12. The van der Waals surface area contributed by atoms with E-state index in [1.165, 1.54) is 18.7 Å². The maximum absolute atomic E-state index is 11.8. The molecule has 1 N–H and O–H groups in total. The van der Waals surface area contributed by atoms with E-state index in [0.29, 0.717) is 5.56 Å². The first-order chi connectivity index (χ1) is 8.66. The first kappa shape index (κ1) is 12.0. The maximum Gasteiger partial charge on any atom is 0.258 e. The Morgan fingerprint density at radius 2 is 1.72 bits per heavy atom. The number of anilines is 2. The third kappa shape index (κ3) is 2.82. The highest BCUT2D eigenvalue weighted by molar-refractivity contribution is 6.03. The largest absolute Gasteiger partial charge is 0.378 e. The minimum absolute atomic E-state index is 0.215. The van der Waals surface area contributed by atoms with Gasteiger partial charge in [0.15, 0.2) is 0 Å². The van der Waals surface area contributed by atoms with Gasteiger partial charge in [-0.2, -0.15) is 0 Å². The van der Waals surface area contributed by atoms with Crippen molar-refractivity contribution in [1.29, 1.82) is 0 Å². The molecular formula is C13H14N4O. The van der Waals surface area contributed by atoms with E-state index < -0.39 is 0 Å². The summed E-state index contributed by atoms with van der Waals surface area (Å²) in [5, 5.41) is 2.79. The maximum atomic E-state index is 11.8. The molecule has 0 unspecified atom stereocenters. The zero-order valence-corrected chi connectivity index (χ0v) is 10.3. The predicted molar refractivity (Wildman–Crippen MR) is 70.8 cm³/mol. The van der Waals surface area contributed by atoms with Crippen LogP contribution < -0.4 is 10.2 Å². The zero-order valence-electron chi connectivity index (χ0n) is 10.3. The number of aromatic nitrogens is 2. The second-order valence-electron chi connectivity index (χ2n) is 4.02. The highest BCUT2D eigenvalue weighted by atomic mass is 16.1.